The molecule has 0 bridgehead atoms. The van der Waals surface area contributed by atoms with Gasteiger partial charge in [0.2, 0.25) is 5.96 Å². The van der Waals surface area contributed by atoms with Crippen molar-refractivity contribution < 1.29 is 19.1 Å². The van der Waals surface area contributed by atoms with Crippen molar-refractivity contribution in [1.82, 2.24) is 14.8 Å². The number of anilines is 3. The first-order valence-electron chi connectivity index (χ1n) is 13.0. The monoisotopic (exact) mass is 671 g/mol. The van der Waals surface area contributed by atoms with Crippen LogP contribution < -0.4 is 20.7 Å². The Labute approximate surface area is 271 Å². The summed E-state index contributed by atoms with van der Waals surface area (Å²) in [6.45, 7) is 0.944. The Balaban J connectivity index is 1.30. The highest BCUT2D eigenvalue weighted by atomic mass is 35.5. The number of nitrogens with one attached hydrogen (secondary N) is 4. The van der Waals surface area contributed by atoms with Crippen LogP contribution in [-0.2, 0) is 6.54 Å². The number of methoxy groups -OCH3 is 1. The van der Waals surface area contributed by atoms with Crippen molar-refractivity contribution in [3.05, 3.63) is 97.2 Å². The van der Waals surface area contributed by atoms with E-state index in [1.165, 1.54) is 36.4 Å². The van der Waals surface area contributed by atoms with Crippen molar-refractivity contribution in [2.24, 2.45) is 0 Å². The van der Waals surface area contributed by atoms with Gasteiger partial charge in [0.1, 0.15) is 16.4 Å². The lowest BCUT2D eigenvalue weighted by Crippen LogP contribution is -2.39. The number of ether oxygens (including phenoxy) is 1. The highest BCUT2D eigenvalue weighted by Crippen LogP contribution is 2.36. The summed E-state index contributed by atoms with van der Waals surface area (Å²) in [5.74, 6) is -0.755. The zero-order valence-electron chi connectivity index (χ0n) is 23.0. The van der Waals surface area contributed by atoms with Gasteiger partial charge in [0, 0.05) is 48.2 Å². The van der Waals surface area contributed by atoms with Crippen LogP contribution in [0, 0.1) is 5.41 Å². The van der Waals surface area contributed by atoms with Crippen molar-refractivity contribution in [1.29, 1.82) is 5.41 Å². The molecule has 4 aromatic rings. The summed E-state index contributed by atoms with van der Waals surface area (Å²) < 4.78 is 5.41. The molecule has 1 aliphatic rings. The van der Waals surface area contributed by atoms with Crippen LogP contribution in [-0.4, -0.2) is 58.8 Å². The Morgan fingerprint density at radius 2 is 1.75 bits per heavy atom. The third-order valence-electron chi connectivity index (χ3n) is 6.53. The number of halogens is 3. The quantitative estimate of drug-likeness (QED) is 0.161. The van der Waals surface area contributed by atoms with Crippen molar-refractivity contribution in [2.75, 3.05) is 36.1 Å². The number of amides is 4. The molecule has 2 aromatic heterocycles. The van der Waals surface area contributed by atoms with Crippen molar-refractivity contribution in [3.63, 3.8) is 0 Å². The summed E-state index contributed by atoms with van der Waals surface area (Å²) >= 11 is 19.9. The van der Waals surface area contributed by atoms with Crippen LogP contribution in [0.15, 0.2) is 66.2 Å². The third kappa shape index (κ3) is 6.89. The Hall–Kier alpha value is -4.36. The molecule has 2 aromatic carbocycles. The fraction of sp³-hybridized carbons (Fsp3) is 0.138. The summed E-state index contributed by atoms with van der Waals surface area (Å²) in [5, 5.41) is 19.2. The van der Waals surface area contributed by atoms with E-state index in [9.17, 15) is 14.4 Å². The van der Waals surface area contributed by atoms with Crippen LogP contribution in [0.5, 0.6) is 5.75 Å². The molecule has 1 aliphatic heterocycles. The molecule has 1 saturated heterocycles. The molecular weight excluding hydrogens is 649 g/mol. The fourth-order valence-electron chi connectivity index (χ4n) is 4.37. The van der Waals surface area contributed by atoms with E-state index in [0.29, 0.717) is 29.4 Å². The van der Waals surface area contributed by atoms with Gasteiger partial charge in [-0.25, -0.2) is 9.78 Å². The summed E-state index contributed by atoms with van der Waals surface area (Å²) in [6.07, 6.45) is 1.38. The van der Waals surface area contributed by atoms with Crippen LogP contribution in [0.2, 0.25) is 15.1 Å². The minimum absolute atomic E-state index is 0.0171. The van der Waals surface area contributed by atoms with E-state index in [0.717, 1.165) is 11.3 Å². The van der Waals surface area contributed by atoms with Gasteiger partial charge in [0.25, 0.3) is 11.8 Å². The van der Waals surface area contributed by atoms with Crippen molar-refractivity contribution in [2.45, 2.75) is 6.54 Å². The summed E-state index contributed by atoms with van der Waals surface area (Å²) in [6, 6.07) is 14.5. The maximum Gasteiger partial charge on any atom is 0.328 e. The molecule has 11 nitrogen and oxygen atoms in total. The lowest BCUT2D eigenvalue weighted by molar-refractivity contribution is 0.102. The normalized spacial score (nSPS) is 12.7. The van der Waals surface area contributed by atoms with Crippen LogP contribution in [0.1, 0.15) is 25.6 Å². The topological polar surface area (TPSA) is 140 Å². The molecule has 15 heteroatoms. The van der Waals surface area contributed by atoms with E-state index in [1.54, 1.807) is 40.6 Å². The molecule has 226 valence electrons. The number of thiophene rings is 1. The van der Waals surface area contributed by atoms with E-state index in [4.69, 9.17) is 44.9 Å². The number of rotatable bonds is 8. The number of benzene rings is 2. The van der Waals surface area contributed by atoms with Gasteiger partial charge in [-0.3, -0.25) is 19.9 Å². The molecule has 3 heterocycles. The maximum atomic E-state index is 13.4. The first kappa shape index (κ1) is 31.1. The number of guanidine groups is 1. The SMILES string of the molecule is COc1cc(Cl)cc(C(=O)Nc2ccc(Cl)cn2)c1NC(=O)c1scc(CN2CCN(C(=O)Nc3ccccc3)C2=N)c1Cl. The Kier molecular flexibility index (Phi) is 9.55. The lowest BCUT2D eigenvalue weighted by atomic mass is 10.1. The predicted molar refractivity (Wildman–Crippen MR) is 173 cm³/mol. The fourth-order valence-corrected chi connectivity index (χ4v) is 5.93. The van der Waals surface area contributed by atoms with Gasteiger partial charge in [-0.15, -0.1) is 11.3 Å². The number of hydrogen-bond donors (Lipinski definition) is 4. The maximum absolute atomic E-state index is 13.4. The number of para-hydroxylation sites is 1. The number of nitrogens with zero attached hydrogens (tertiary/aromatic N) is 3. The highest BCUT2D eigenvalue weighted by Gasteiger charge is 2.31. The predicted octanol–water partition coefficient (Wildman–Crippen LogP) is 6.90. The zero-order valence-corrected chi connectivity index (χ0v) is 26.1. The van der Waals surface area contributed by atoms with Crippen LogP contribution in [0.25, 0.3) is 0 Å². The smallest absolute Gasteiger partial charge is 0.328 e. The molecule has 0 spiro atoms. The van der Waals surface area contributed by atoms with Gasteiger partial charge in [0.15, 0.2) is 0 Å². The minimum atomic E-state index is -0.595. The van der Waals surface area contributed by atoms with Crippen LogP contribution in [0.4, 0.5) is 22.0 Å². The molecule has 5 rings (SSSR count). The van der Waals surface area contributed by atoms with Crippen LogP contribution >= 0.6 is 46.1 Å². The van der Waals surface area contributed by atoms with Gasteiger partial charge in [-0.1, -0.05) is 53.0 Å². The van der Waals surface area contributed by atoms with E-state index < -0.39 is 17.8 Å². The van der Waals surface area contributed by atoms with E-state index in [2.05, 4.69) is 20.9 Å². The number of urea groups is 1. The van der Waals surface area contributed by atoms with Gasteiger partial charge in [-0.2, -0.15) is 0 Å². The molecule has 4 amide bonds. The molecule has 0 atom stereocenters. The Morgan fingerprint density at radius 1 is 0.977 bits per heavy atom. The summed E-state index contributed by atoms with van der Waals surface area (Å²) in [5.41, 5.74) is 1.35. The average Bonchev–Trinajstić information content (AvgIpc) is 3.56. The second-order valence-corrected chi connectivity index (χ2v) is 11.5. The first-order valence-corrected chi connectivity index (χ1v) is 15.0. The Morgan fingerprint density at radius 3 is 2.45 bits per heavy atom. The van der Waals surface area contributed by atoms with Gasteiger partial charge in [-0.05, 0) is 35.7 Å². The Bertz CT molecular complexity index is 1730. The van der Waals surface area contributed by atoms with E-state index >= 15 is 0 Å². The molecule has 0 aliphatic carbocycles. The van der Waals surface area contributed by atoms with Gasteiger partial charge >= 0.3 is 6.03 Å². The van der Waals surface area contributed by atoms with Crippen molar-refractivity contribution >= 4 is 87.1 Å². The molecule has 4 N–H and O–H groups in total. The van der Waals surface area contributed by atoms with Gasteiger partial charge in [0.05, 0.1) is 28.4 Å². The average molecular weight is 673 g/mol. The molecular formula is C29H24Cl3N7O4S. The summed E-state index contributed by atoms with van der Waals surface area (Å²) in [7, 11) is 1.38. The first-order chi connectivity index (χ1) is 21.1. The second-order valence-electron chi connectivity index (χ2n) is 9.40. The molecule has 0 radical (unpaired) electrons. The lowest BCUT2D eigenvalue weighted by Gasteiger charge is -2.20. The van der Waals surface area contributed by atoms with Crippen molar-refractivity contribution in [3.8, 4) is 5.75 Å². The van der Waals surface area contributed by atoms with Gasteiger partial charge < -0.3 is 25.6 Å². The molecule has 0 unspecified atom stereocenters. The summed E-state index contributed by atoms with van der Waals surface area (Å²) in [4.78, 5) is 46.7. The largest absolute Gasteiger partial charge is 0.494 e. The van der Waals surface area contributed by atoms with E-state index in [-0.39, 0.29) is 50.2 Å². The number of carbonyl (C=O) groups is 3. The van der Waals surface area contributed by atoms with E-state index in [1.807, 2.05) is 6.07 Å². The number of pyridine rings is 1. The molecule has 44 heavy (non-hydrogen) atoms. The highest BCUT2D eigenvalue weighted by molar-refractivity contribution is 7.13. The molecule has 0 saturated carbocycles. The second kappa shape index (κ2) is 13.5. The third-order valence-corrected chi connectivity index (χ3v) is 8.54. The zero-order chi connectivity index (χ0) is 31.4. The number of hydrogen-bond acceptors (Lipinski definition) is 7. The van der Waals surface area contributed by atoms with Crippen LogP contribution in [0.3, 0.4) is 0 Å². The number of carbonyl (C=O) groups excluding carboxylic acids is 3. The standard InChI is InChI=1S/C29H24Cl3N7O4S/c1-43-21-12-18(31)11-20(26(40)36-22-8-7-17(30)13-34-22)24(21)37-27(41)25-23(32)16(15-44-25)14-38-9-10-39(28(38)33)29(42)35-19-5-3-2-4-6-19/h2-8,11-13,15,33H,9-10,14H2,1H3,(H,35,42)(H,37,41)(H,34,36,40). The molecule has 1 fully saturated rings. The number of aromatic nitrogens is 1. The minimum Gasteiger partial charge on any atom is -0.494 e.